The van der Waals surface area contributed by atoms with Gasteiger partial charge in [-0.15, -0.1) is 0 Å². The van der Waals surface area contributed by atoms with Crippen LogP contribution in [0.5, 0.6) is 5.75 Å². The predicted octanol–water partition coefficient (Wildman–Crippen LogP) is 2.54. The number of carbonyl (C=O) groups is 1. The molecule has 7 N–H and O–H groups in total. The number of sulfonamides is 1. The van der Waals surface area contributed by atoms with Crippen LogP contribution in [0.15, 0.2) is 65.8 Å². The Labute approximate surface area is 308 Å². The van der Waals surface area contributed by atoms with Gasteiger partial charge in [-0.3, -0.25) is 9.78 Å². The minimum Gasteiger partial charge on any atom is -0.490 e. The summed E-state index contributed by atoms with van der Waals surface area (Å²) in [5, 5.41) is 51.1. The molecule has 52 heavy (non-hydrogen) atoms. The largest absolute Gasteiger partial charge is 0.490 e. The molecule has 0 aliphatic heterocycles. The molecule has 1 heterocycles. The van der Waals surface area contributed by atoms with Gasteiger partial charge in [0.05, 0.1) is 35.9 Å². The Morgan fingerprint density at radius 2 is 1.65 bits per heavy atom. The minimum atomic E-state index is -3.94. The fourth-order valence-electron chi connectivity index (χ4n) is 6.59. The summed E-state index contributed by atoms with van der Waals surface area (Å²) in [5.41, 5.74) is 2.83. The van der Waals surface area contributed by atoms with E-state index in [1.54, 1.807) is 12.3 Å². The zero-order valence-corrected chi connectivity index (χ0v) is 30.2. The van der Waals surface area contributed by atoms with E-state index in [2.05, 4.69) is 15.0 Å². The van der Waals surface area contributed by atoms with E-state index >= 15 is 0 Å². The highest BCUT2D eigenvalue weighted by molar-refractivity contribution is 7.89. The number of hydrogen-bond donors (Lipinski definition) is 7. The molecule has 1 aromatic heterocycles. The maximum atomic E-state index is 13.5. The first-order valence-electron chi connectivity index (χ1n) is 17.7. The number of aliphatic hydroxyl groups is 5. The number of ether oxygens (including phenoxy) is 2. The molecule has 282 valence electrons. The molecule has 13 nitrogen and oxygen atoms in total. The predicted molar refractivity (Wildman–Crippen MR) is 191 cm³/mol. The molecular formula is C37H46ClN3O10S. The van der Waals surface area contributed by atoms with E-state index in [4.69, 9.17) is 26.2 Å². The smallest absolute Gasteiger partial charge is 0.240 e. The van der Waals surface area contributed by atoms with Crippen molar-refractivity contribution in [3.8, 4) is 16.9 Å². The monoisotopic (exact) mass is 759 g/mol. The van der Waals surface area contributed by atoms with Gasteiger partial charge >= 0.3 is 0 Å². The van der Waals surface area contributed by atoms with Gasteiger partial charge in [-0.1, -0.05) is 29.8 Å². The highest BCUT2D eigenvalue weighted by Crippen LogP contribution is 2.53. The first-order valence-corrected chi connectivity index (χ1v) is 19.5. The van der Waals surface area contributed by atoms with Crippen LogP contribution in [0, 0.1) is 5.92 Å². The second kappa shape index (κ2) is 16.5. The minimum absolute atomic E-state index is 0.0504. The van der Waals surface area contributed by atoms with Crippen molar-refractivity contribution in [3.63, 3.8) is 0 Å². The topological polar surface area (TPSA) is 208 Å². The van der Waals surface area contributed by atoms with Gasteiger partial charge in [0.25, 0.3) is 0 Å². The highest BCUT2D eigenvalue weighted by atomic mass is 35.5. The van der Waals surface area contributed by atoms with Crippen LogP contribution in [0.3, 0.4) is 0 Å². The maximum absolute atomic E-state index is 13.5. The van der Waals surface area contributed by atoms with Crippen LogP contribution in [0.1, 0.15) is 62.5 Å². The Morgan fingerprint density at radius 1 is 0.942 bits per heavy atom. The standard InChI is InChI=1S/C37H46ClN3O10S/c38-30-12-11-26(52(48,49)41-24-7-5-22(6-8-24)36(47)40-19-31(43)34(45)35(46)32(44)20-42)17-23(30)21-50-37(14-15-37)29-18-39-16-13-27(29)28-3-1-2-4-33(28)51-25-9-10-25/h1-4,11-13,16-18,22,24-25,31-32,34-35,41-46H,5-10,14-15,19-21H2,(H,40,47)/t22-,24-,31-,32+,34+,35+/m0/s1. The summed E-state index contributed by atoms with van der Waals surface area (Å²) in [4.78, 5) is 17.2. The van der Waals surface area contributed by atoms with Crippen molar-refractivity contribution in [1.29, 1.82) is 0 Å². The van der Waals surface area contributed by atoms with Gasteiger partial charge in [-0.2, -0.15) is 0 Å². The molecule has 0 spiro atoms. The number of aliphatic hydroxyl groups excluding tert-OH is 5. The quantitative estimate of drug-likeness (QED) is 0.106. The Balaban J connectivity index is 1.04. The Hall–Kier alpha value is -3.18. The third kappa shape index (κ3) is 9.12. The zero-order valence-electron chi connectivity index (χ0n) is 28.6. The van der Waals surface area contributed by atoms with E-state index in [0.717, 1.165) is 48.1 Å². The number of rotatable bonds is 17. The van der Waals surface area contributed by atoms with Crippen molar-refractivity contribution >= 4 is 27.5 Å². The maximum Gasteiger partial charge on any atom is 0.240 e. The number of amides is 1. The van der Waals surface area contributed by atoms with Crippen LogP contribution in [0.2, 0.25) is 5.02 Å². The van der Waals surface area contributed by atoms with E-state index < -0.39 is 58.6 Å². The number of hydrogen-bond acceptors (Lipinski definition) is 11. The zero-order chi connectivity index (χ0) is 37.0. The van der Waals surface area contributed by atoms with Crippen molar-refractivity contribution in [1.82, 2.24) is 15.0 Å². The van der Waals surface area contributed by atoms with Gasteiger partial charge < -0.3 is 40.3 Å². The number of aromatic nitrogens is 1. The summed E-state index contributed by atoms with van der Waals surface area (Å²) in [5.74, 6) is 0.00498. The van der Waals surface area contributed by atoms with Crippen LogP contribution in [0.25, 0.3) is 11.1 Å². The third-order valence-electron chi connectivity index (χ3n) is 10.1. The van der Waals surface area contributed by atoms with Crippen LogP contribution in [-0.2, 0) is 31.8 Å². The number of carbonyl (C=O) groups excluding carboxylic acids is 1. The number of benzene rings is 2. The average molecular weight is 760 g/mol. The van der Waals surface area contributed by atoms with Gasteiger partial charge in [-0.05, 0) is 92.8 Å². The lowest BCUT2D eigenvalue weighted by molar-refractivity contribution is -0.130. The van der Waals surface area contributed by atoms with Gasteiger partial charge in [0.2, 0.25) is 15.9 Å². The van der Waals surface area contributed by atoms with Crippen molar-refractivity contribution < 1.29 is 48.2 Å². The number of pyridine rings is 1. The third-order valence-corrected chi connectivity index (χ3v) is 12.0. The van der Waals surface area contributed by atoms with Crippen molar-refractivity contribution in [3.05, 3.63) is 77.1 Å². The van der Waals surface area contributed by atoms with Crippen LogP contribution in [0.4, 0.5) is 0 Å². The lowest BCUT2D eigenvalue weighted by atomic mass is 9.86. The normalized spacial score (nSPS) is 22.2. The Bertz CT molecular complexity index is 1810. The number of nitrogens with one attached hydrogen (secondary N) is 2. The van der Waals surface area contributed by atoms with Crippen LogP contribution in [-0.4, -0.2) is 94.6 Å². The Morgan fingerprint density at radius 3 is 2.35 bits per heavy atom. The second-order valence-corrected chi connectivity index (χ2v) is 16.1. The van der Waals surface area contributed by atoms with E-state index in [1.165, 1.54) is 12.1 Å². The SMILES string of the molecule is O=C(NC[C@H](O)[C@@H](O)[C@H](O)[C@H](O)CO)[C@H]1CC[C@H](NS(=O)(=O)c2ccc(Cl)c(COC3(c4cnccc4-c4ccccc4OC4CC4)CC3)c2)CC1. The molecule has 4 atom stereocenters. The molecule has 3 aromatic rings. The summed E-state index contributed by atoms with van der Waals surface area (Å²) in [7, 11) is -3.94. The van der Waals surface area contributed by atoms with E-state index in [-0.39, 0.29) is 30.1 Å². The molecule has 0 bridgehead atoms. The molecule has 3 aliphatic rings. The molecule has 6 rings (SSSR count). The molecule has 0 saturated heterocycles. The van der Waals surface area contributed by atoms with Gasteiger partial charge in [0.1, 0.15) is 24.1 Å². The van der Waals surface area contributed by atoms with Gasteiger partial charge in [0, 0.05) is 47.0 Å². The molecule has 2 aromatic carbocycles. The lowest BCUT2D eigenvalue weighted by Gasteiger charge is -2.29. The molecule has 3 fully saturated rings. The molecule has 3 saturated carbocycles. The van der Waals surface area contributed by atoms with Crippen molar-refractivity contribution in [2.45, 2.75) is 105 Å². The van der Waals surface area contributed by atoms with E-state index in [1.807, 2.05) is 36.5 Å². The molecule has 0 unspecified atom stereocenters. The second-order valence-electron chi connectivity index (χ2n) is 14.0. The lowest BCUT2D eigenvalue weighted by Crippen LogP contribution is -2.50. The van der Waals surface area contributed by atoms with Crippen LogP contribution < -0.4 is 14.8 Å². The average Bonchev–Trinajstić information content (AvgIpc) is 4.10. The summed E-state index contributed by atoms with van der Waals surface area (Å²) >= 11 is 6.55. The first-order chi connectivity index (χ1) is 24.9. The molecular weight excluding hydrogens is 714 g/mol. The molecule has 1 amide bonds. The van der Waals surface area contributed by atoms with Crippen molar-refractivity contribution in [2.75, 3.05) is 13.2 Å². The van der Waals surface area contributed by atoms with E-state index in [0.29, 0.717) is 36.3 Å². The molecule has 3 aliphatic carbocycles. The fourth-order valence-corrected chi connectivity index (χ4v) is 8.12. The van der Waals surface area contributed by atoms with Gasteiger partial charge in [-0.25, -0.2) is 13.1 Å². The first kappa shape index (κ1) is 38.5. The molecule has 15 heteroatoms. The van der Waals surface area contributed by atoms with Gasteiger partial charge in [0.15, 0.2) is 0 Å². The fraction of sp³-hybridized carbons (Fsp3) is 0.514. The summed E-state index contributed by atoms with van der Waals surface area (Å²) in [6.45, 7) is -1.10. The van der Waals surface area contributed by atoms with E-state index in [9.17, 15) is 33.6 Å². The summed E-state index contributed by atoms with van der Waals surface area (Å²) in [6.07, 6.45) is 2.25. The number of halogens is 1. The highest BCUT2D eigenvalue weighted by Gasteiger charge is 2.48. The molecule has 0 radical (unpaired) electrons. The Kier molecular flexibility index (Phi) is 12.2. The number of para-hydroxylation sites is 1. The summed E-state index contributed by atoms with van der Waals surface area (Å²) < 4.78 is 42.5. The summed E-state index contributed by atoms with van der Waals surface area (Å²) in [6, 6.07) is 14.0. The van der Waals surface area contributed by atoms with Crippen molar-refractivity contribution in [2.24, 2.45) is 5.92 Å². The van der Waals surface area contributed by atoms with Crippen LogP contribution >= 0.6 is 11.6 Å². The number of nitrogens with zero attached hydrogens (tertiary/aromatic N) is 1.